The van der Waals surface area contributed by atoms with Gasteiger partial charge >= 0.3 is 19.8 Å². The van der Waals surface area contributed by atoms with E-state index in [0.29, 0.717) is 19.3 Å². The molecule has 6 unspecified atom stereocenters. The maximum atomic E-state index is 12.6. The van der Waals surface area contributed by atoms with Crippen molar-refractivity contribution >= 4 is 19.8 Å². The summed E-state index contributed by atoms with van der Waals surface area (Å²) >= 11 is 0. The van der Waals surface area contributed by atoms with Crippen LogP contribution in [0.15, 0.2) is 48.6 Å². The van der Waals surface area contributed by atoms with Gasteiger partial charge in [-0.2, -0.15) is 0 Å². The Balaban J connectivity index is 2.54. The predicted octanol–water partition coefficient (Wildman–Crippen LogP) is 3.32. The monoisotopic (exact) mass is 676 g/mol. The van der Waals surface area contributed by atoms with Crippen LogP contribution in [0.1, 0.15) is 84.5 Å². The number of carbonyl (C=O) groups is 2. The number of aliphatic hydroxyl groups is 5. The van der Waals surface area contributed by atoms with Crippen LogP contribution >= 0.6 is 7.82 Å². The summed E-state index contributed by atoms with van der Waals surface area (Å²) in [5, 5.41) is 49.5. The average molecular weight is 677 g/mol. The van der Waals surface area contributed by atoms with E-state index < -0.39 is 75.7 Å². The molecule has 0 spiro atoms. The van der Waals surface area contributed by atoms with Gasteiger partial charge in [0.15, 0.2) is 6.10 Å². The van der Waals surface area contributed by atoms with Gasteiger partial charge in [-0.15, -0.1) is 0 Å². The molecule has 0 saturated heterocycles. The summed E-state index contributed by atoms with van der Waals surface area (Å²) in [5.41, 5.74) is 0. The molecule has 0 amide bonds. The van der Waals surface area contributed by atoms with E-state index in [-0.39, 0.29) is 12.8 Å². The van der Waals surface area contributed by atoms with E-state index >= 15 is 0 Å². The topological polar surface area (TPSA) is 210 Å². The zero-order valence-corrected chi connectivity index (χ0v) is 27.7. The number of ether oxygens (including phenoxy) is 2. The number of unbranched alkanes of at least 4 members (excludes halogenated alkanes) is 3. The Morgan fingerprint density at radius 3 is 1.78 bits per heavy atom. The van der Waals surface area contributed by atoms with Crippen molar-refractivity contribution in [3.05, 3.63) is 48.6 Å². The number of allylic oxidation sites excluding steroid dienone is 8. The minimum atomic E-state index is -5.10. The SMILES string of the molecule is CC/C=C\C/C=C\C/C=C\C/C=C\CCCCC(=O)OC(COC(=O)CCCC)COP(=O)(O)OC1C(O)C(O)C(O)C(O)C1O. The number of hydrogen-bond donors (Lipinski definition) is 6. The van der Waals surface area contributed by atoms with Gasteiger partial charge in [-0.05, 0) is 51.4 Å². The minimum Gasteiger partial charge on any atom is -0.462 e. The largest absolute Gasteiger partial charge is 0.472 e. The summed E-state index contributed by atoms with van der Waals surface area (Å²) in [5.74, 6) is -1.20. The first-order valence-electron chi connectivity index (χ1n) is 15.9. The van der Waals surface area contributed by atoms with Crippen LogP contribution < -0.4 is 0 Å². The van der Waals surface area contributed by atoms with Crippen LogP contribution in [0.5, 0.6) is 0 Å². The third-order valence-corrected chi connectivity index (χ3v) is 7.92. The fourth-order valence-electron chi connectivity index (χ4n) is 4.25. The number of phosphoric acid groups is 1. The van der Waals surface area contributed by atoms with Crippen molar-refractivity contribution < 1.29 is 63.1 Å². The molecule has 0 aromatic carbocycles. The highest BCUT2D eigenvalue weighted by atomic mass is 31.2. The number of hydrogen-bond acceptors (Lipinski definition) is 12. The van der Waals surface area contributed by atoms with Gasteiger partial charge in [-0.1, -0.05) is 68.9 Å². The molecule has 0 bridgehead atoms. The van der Waals surface area contributed by atoms with Crippen molar-refractivity contribution in [2.24, 2.45) is 0 Å². The average Bonchev–Trinajstić information content (AvgIpc) is 3.03. The van der Waals surface area contributed by atoms with E-state index in [0.717, 1.165) is 38.5 Å². The molecule has 0 aliphatic heterocycles. The Bertz CT molecular complexity index is 1010. The normalized spacial score (nSPS) is 25.8. The number of phosphoric ester groups is 1. The summed E-state index contributed by atoms with van der Waals surface area (Å²) < 4.78 is 32.7. The molecular formula is C32H53O13P. The zero-order valence-electron chi connectivity index (χ0n) is 26.8. The molecule has 6 N–H and O–H groups in total. The Labute approximate surface area is 271 Å². The van der Waals surface area contributed by atoms with Gasteiger partial charge in [-0.25, -0.2) is 4.57 Å². The van der Waals surface area contributed by atoms with E-state index in [2.05, 4.69) is 43.4 Å². The first-order chi connectivity index (χ1) is 21.9. The lowest BCUT2D eigenvalue weighted by Crippen LogP contribution is -2.64. The fourth-order valence-corrected chi connectivity index (χ4v) is 5.22. The molecule has 1 saturated carbocycles. The summed E-state index contributed by atoms with van der Waals surface area (Å²) in [6, 6.07) is 0. The summed E-state index contributed by atoms with van der Waals surface area (Å²) in [6.45, 7) is 2.78. The summed E-state index contributed by atoms with van der Waals surface area (Å²) in [6.07, 6.45) is 10.7. The molecule has 0 heterocycles. The highest BCUT2D eigenvalue weighted by molar-refractivity contribution is 7.47. The van der Waals surface area contributed by atoms with E-state index in [1.54, 1.807) is 0 Å². The van der Waals surface area contributed by atoms with Crippen molar-refractivity contribution in [1.82, 2.24) is 0 Å². The molecule has 1 fully saturated rings. The summed E-state index contributed by atoms with van der Waals surface area (Å²) in [7, 11) is -5.10. The minimum absolute atomic E-state index is 0.0413. The fraction of sp³-hybridized carbons (Fsp3) is 0.688. The van der Waals surface area contributed by atoms with Gasteiger partial charge in [0.2, 0.25) is 0 Å². The van der Waals surface area contributed by atoms with Crippen LogP contribution in [0, 0.1) is 0 Å². The molecule has 0 aromatic heterocycles. The number of rotatable bonds is 23. The molecule has 6 atom stereocenters. The molecule has 0 radical (unpaired) electrons. The van der Waals surface area contributed by atoms with Gasteiger partial charge < -0.3 is 39.9 Å². The Morgan fingerprint density at radius 1 is 0.696 bits per heavy atom. The number of aliphatic hydroxyl groups excluding tert-OH is 5. The Morgan fingerprint density at radius 2 is 1.22 bits per heavy atom. The molecule has 1 aliphatic carbocycles. The van der Waals surface area contributed by atoms with Crippen molar-refractivity contribution in [2.45, 2.75) is 127 Å². The van der Waals surface area contributed by atoms with E-state index in [1.165, 1.54) is 0 Å². The highest BCUT2D eigenvalue weighted by Gasteiger charge is 2.51. The number of carbonyl (C=O) groups excluding carboxylic acids is 2. The predicted molar refractivity (Wildman–Crippen MR) is 170 cm³/mol. The van der Waals surface area contributed by atoms with Crippen molar-refractivity contribution in [2.75, 3.05) is 13.2 Å². The van der Waals surface area contributed by atoms with Gasteiger partial charge in [0, 0.05) is 12.8 Å². The second-order valence-electron chi connectivity index (χ2n) is 10.9. The van der Waals surface area contributed by atoms with Gasteiger partial charge in [0.25, 0.3) is 0 Å². The van der Waals surface area contributed by atoms with Crippen LogP contribution in [-0.4, -0.2) is 98.3 Å². The van der Waals surface area contributed by atoms with Crippen LogP contribution in [0.4, 0.5) is 0 Å². The standard InChI is InChI=1S/C32H53O13P/c1-3-5-7-8-9-10-11-12-13-14-15-16-17-18-19-21-26(34)44-24(22-42-25(33)20-6-4-2)23-43-46(40,41)45-32-30(38)28(36)27(35)29(37)31(32)39/h5,7,9-10,12-13,15-16,24,27-32,35-39H,3-4,6,8,11,14,17-23H2,1-2H3,(H,40,41)/b7-5-,10-9-,13-12-,16-15-. The second kappa shape index (κ2) is 24.0. The third kappa shape index (κ3) is 17.7. The zero-order chi connectivity index (χ0) is 34.4. The second-order valence-corrected chi connectivity index (χ2v) is 12.3. The maximum absolute atomic E-state index is 12.6. The van der Waals surface area contributed by atoms with Crippen LogP contribution in [0.3, 0.4) is 0 Å². The van der Waals surface area contributed by atoms with E-state index in [1.807, 2.05) is 19.1 Å². The lowest BCUT2D eigenvalue weighted by molar-refractivity contribution is -0.220. The maximum Gasteiger partial charge on any atom is 0.472 e. The molecule has 264 valence electrons. The van der Waals surface area contributed by atoms with Crippen LogP contribution in [0.25, 0.3) is 0 Å². The molecule has 0 aromatic rings. The van der Waals surface area contributed by atoms with Gasteiger partial charge in [-0.3, -0.25) is 18.6 Å². The summed E-state index contributed by atoms with van der Waals surface area (Å²) in [4.78, 5) is 34.6. The molecule has 13 nitrogen and oxygen atoms in total. The Hall–Kier alpha value is -2.19. The molecule has 14 heteroatoms. The lowest BCUT2D eigenvalue weighted by Gasteiger charge is -2.41. The molecule has 46 heavy (non-hydrogen) atoms. The molecule has 1 aliphatic rings. The first-order valence-corrected chi connectivity index (χ1v) is 17.4. The van der Waals surface area contributed by atoms with Crippen molar-refractivity contribution in [1.29, 1.82) is 0 Å². The lowest BCUT2D eigenvalue weighted by atomic mass is 9.85. The number of esters is 2. The quantitative estimate of drug-likeness (QED) is 0.0398. The first kappa shape index (κ1) is 41.8. The van der Waals surface area contributed by atoms with Crippen LogP contribution in [0.2, 0.25) is 0 Å². The van der Waals surface area contributed by atoms with E-state index in [9.17, 15) is 44.6 Å². The Kier molecular flexibility index (Phi) is 21.8. The van der Waals surface area contributed by atoms with Crippen molar-refractivity contribution in [3.8, 4) is 0 Å². The van der Waals surface area contributed by atoms with Gasteiger partial charge in [0.05, 0.1) is 6.61 Å². The third-order valence-electron chi connectivity index (χ3n) is 6.93. The smallest absolute Gasteiger partial charge is 0.462 e. The van der Waals surface area contributed by atoms with Crippen LogP contribution in [-0.2, 0) is 32.7 Å². The molecule has 1 rings (SSSR count). The van der Waals surface area contributed by atoms with Gasteiger partial charge in [0.1, 0.15) is 43.2 Å². The molecular weight excluding hydrogens is 623 g/mol. The highest BCUT2D eigenvalue weighted by Crippen LogP contribution is 2.47. The van der Waals surface area contributed by atoms with Crippen molar-refractivity contribution in [3.63, 3.8) is 0 Å². The van der Waals surface area contributed by atoms with E-state index in [4.69, 9.17) is 18.5 Å².